The highest BCUT2D eigenvalue weighted by molar-refractivity contribution is 5.72. The average Bonchev–Trinajstić information content (AvgIpc) is 2.37. The zero-order valence-electron chi connectivity index (χ0n) is 15.0. The molecule has 0 aromatic heterocycles. The molecule has 0 aromatic rings. The third kappa shape index (κ3) is 15.0. The summed E-state index contributed by atoms with van der Waals surface area (Å²) >= 11 is 0. The van der Waals surface area contributed by atoms with Crippen molar-refractivity contribution in [3.05, 3.63) is 0 Å². The summed E-state index contributed by atoms with van der Waals surface area (Å²) in [7, 11) is 0. The number of hydrogen-bond donors (Lipinski definition) is 1. The summed E-state index contributed by atoms with van der Waals surface area (Å²) in [6.07, 6.45) is 0.194. The predicted molar refractivity (Wildman–Crippen MR) is 86.9 cm³/mol. The molecule has 1 amide bonds. The number of rotatable bonds is 9. The smallest absolute Gasteiger partial charge is 0.412 e. The van der Waals surface area contributed by atoms with Crippen molar-refractivity contribution in [1.82, 2.24) is 5.32 Å². The van der Waals surface area contributed by atoms with Gasteiger partial charge in [-0.15, -0.1) is 0 Å². The Morgan fingerprint density at radius 1 is 0.958 bits per heavy atom. The molecule has 0 unspecified atom stereocenters. The molecule has 1 atom stereocenters. The molecule has 0 radical (unpaired) electrons. The average molecular weight is 353 g/mol. The Morgan fingerprint density at radius 2 is 1.54 bits per heavy atom. The lowest BCUT2D eigenvalue weighted by atomic mass is 10.1. The van der Waals surface area contributed by atoms with Gasteiger partial charge in [0.1, 0.15) is 0 Å². The van der Waals surface area contributed by atoms with E-state index in [9.17, 15) is 14.4 Å². The molecule has 0 bridgehead atoms. The fourth-order valence-corrected chi connectivity index (χ4v) is 1.42. The maximum atomic E-state index is 11.4. The SMILES string of the molecule is CC(C)CCCC(=O)OCNC(=O)O[C@H](C)OC(=O)C(C)C.O.O. The van der Waals surface area contributed by atoms with Crippen molar-refractivity contribution in [2.45, 2.75) is 60.2 Å². The lowest BCUT2D eigenvalue weighted by Crippen LogP contribution is -2.33. The Morgan fingerprint density at radius 3 is 2.04 bits per heavy atom. The van der Waals surface area contributed by atoms with Crippen molar-refractivity contribution < 1.29 is 39.5 Å². The summed E-state index contributed by atoms with van der Waals surface area (Å²) < 4.78 is 14.5. The quantitative estimate of drug-likeness (QED) is 0.480. The number of amides is 1. The van der Waals surface area contributed by atoms with Gasteiger partial charge in [-0.2, -0.15) is 0 Å². The zero-order chi connectivity index (χ0) is 17.1. The van der Waals surface area contributed by atoms with Gasteiger partial charge in [0.15, 0.2) is 6.73 Å². The number of nitrogens with one attached hydrogen (secondary N) is 1. The lowest BCUT2D eigenvalue weighted by molar-refractivity contribution is -0.168. The highest BCUT2D eigenvalue weighted by Crippen LogP contribution is 2.06. The molecule has 144 valence electrons. The van der Waals surface area contributed by atoms with Gasteiger partial charge in [0.05, 0.1) is 5.92 Å². The molecule has 0 aliphatic heterocycles. The van der Waals surface area contributed by atoms with Crippen molar-refractivity contribution in [2.24, 2.45) is 11.8 Å². The van der Waals surface area contributed by atoms with E-state index in [2.05, 4.69) is 19.2 Å². The van der Waals surface area contributed by atoms with Crippen LogP contribution in [0.2, 0.25) is 0 Å². The summed E-state index contributed by atoms with van der Waals surface area (Å²) in [5.74, 6) is -0.603. The van der Waals surface area contributed by atoms with Crippen molar-refractivity contribution in [1.29, 1.82) is 0 Å². The van der Waals surface area contributed by atoms with E-state index >= 15 is 0 Å². The van der Waals surface area contributed by atoms with Crippen molar-refractivity contribution >= 4 is 18.0 Å². The maximum absolute atomic E-state index is 11.4. The third-order valence-corrected chi connectivity index (χ3v) is 2.64. The van der Waals surface area contributed by atoms with E-state index in [1.807, 2.05) is 0 Å². The van der Waals surface area contributed by atoms with Crippen LogP contribution in [-0.2, 0) is 23.8 Å². The third-order valence-electron chi connectivity index (χ3n) is 2.64. The van der Waals surface area contributed by atoms with Gasteiger partial charge in [0.25, 0.3) is 0 Å². The standard InChI is InChI=1S/C15H27NO6.2H2O/c1-10(2)7-6-8-13(17)20-9-16-15(19)22-12(5)21-14(18)11(3)4;;/h10-12H,6-9H2,1-5H3,(H,16,19);2*1H2/t12-;;/m1../s1. The summed E-state index contributed by atoms with van der Waals surface area (Å²) in [5.41, 5.74) is 0. The number of alkyl carbamates (subject to hydrolysis) is 1. The minimum atomic E-state index is -1.00. The molecular formula is C15H31NO8. The second kappa shape index (κ2) is 14.7. The normalized spacial score (nSPS) is 11.0. The largest absolute Gasteiger partial charge is 0.444 e. The molecule has 0 aromatic carbocycles. The van der Waals surface area contributed by atoms with Crippen molar-refractivity contribution in [3.8, 4) is 0 Å². The van der Waals surface area contributed by atoms with Crippen LogP contribution in [-0.4, -0.2) is 42.0 Å². The fraction of sp³-hybridized carbons (Fsp3) is 0.800. The van der Waals surface area contributed by atoms with Crippen LogP contribution >= 0.6 is 0 Å². The van der Waals surface area contributed by atoms with E-state index in [0.29, 0.717) is 12.3 Å². The van der Waals surface area contributed by atoms with Crippen LogP contribution < -0.4 is 5.32 Å². The van der Waals surface area contributed by atoms with Crippen LogP contribution in [0, 0.1) is 11.8 Å². The monoisotopic (exact) mass is 353 g/mol. The minimum absolute atomic E-state index is 0. The fourth-order valence-electron chi connectivity index (χ4n) is 1.42. The lowest BCUT2D eigenvalue weighted by Gasteiger charge is -2.15. The number of hydrogen-bond acceptors (Lipinski definition) is 6. The van der Waals surface area contributed by atoms with Gasteiger partial charge in [0.2, 0.25) is 6.29 Å². The van der Waals surface area contributed by atoms with E-state index < -0.39 is 18.4 Å². The van der Waals surface area contributed by atoms with E-state index in [4.69, 9.17) is 14.2 Å². The molecule has 0 spiro atoms. The molecule has 0 saturated heterocycles. The molecule has 0 aliphatic rings. The molecule has 9 nitrogen and oxygen atoms in total. The molecular weight excluding hydrogens is 322 g/mol. The van der Waals surface area contributed by atoms with Gasteiger partial charge >= 0.3 is 18.0 Å². The van der Waals surface area contributed by atoms with E-state index in [1.165, 1.54) is 6.92 Å². The molecule has 0 fully saturated rings. The van der Waals surface area contributed by atoms with Gasteiger partial charge in [-0.3, -0.25) is 14.9 Å². The Hall–Kier alpha value is -1.87. The molecule has 0 rings (SSSR count). The molecule has 5 N–H and O–H groups in total. The van der Waals surface area contributed by atoms with Gasteiger partial charge in [-0.25, -0.2) is 4.79 Å². The zero-order valence-corrected chi connectivity index (χ0v) is 15.0. The van der Waals surface area contributed by atoms with E-state index in [0.717, 1.165) is 12.8 Å². The van der Waals surface area contributed by atoms with Crippen molar-refractivity contribution in [3.63, 3.8) is 0 Å². The van der Waals surface area contributed by atoms with Gasteiger partial charge < -0.3 is 25.2 Å². The van der Waals surface area contributed by atoms with Crippen LogP contribution in [0.5, 0.6) is 0 Å². The second-order valence-electron chi connectivity index (χ2n) is 5.69. The van der Waals surface area contributed by atoms with Crippen LogP contribution in [0.3, 0.4) is 0 Å². The number of carbonyl (C=O) groups is 3. The van der Waals surface area contributed by atoms with Crippen LogP contribution in [0.15, 0.2) is 0 Å². The summed E-state index contributed by atoms with van der Waals surface area (Å²) in [4.78, 5) is 34.0. The number of carbonyl (C=O) groups excluding carboxylic acids is 3. The Bertz CT molecular complexity index is 370. The summed E-state index contributed by atoms with van der Waals surface area (Å²) in [6.45, 7) is 8.66. The highest BCUT2D eigenvalue weighted by atomic mass is 16.7. The van der Waals surface area contributed by atoms with E-state index in [1.54, 1.807) is 13.8 Å². The maximum Gasteiger partial charge on any atom is 0.412 e. The van der Waals surface area contributed by atoms with Crippen LogP contribution in [0.25, 0.3) is 0 Å². The predicted octanol–water partition coefficient (Wildman–Crippen LogP) is 0.935. The number of esters is 2. The Kier molecular flexibility index (Phi) is 16.5. The van der Waals surface area contributed by atoms with Crippen LogP contribution in [0.4, 0.5) is 4.79 Å². The summed E-state index contributed by atoms with van der Waals surface area (Å²) in [5, 5.41) is 2.25. The molecule has 0 aliphatic carbocycles. The highest BCUT2D eigenvalue weighted by Gasteiger charge is 2.16. The topological polar surface area (TPSA) is 154 Å². The molecule has 9 heteroatoms. The first kappa shape index (κ1) is 27.0. The Balaban J connectivity index is -0.00000220. The van der Waals surface area contributed by atoms with E-state index in [-0.39, 0.29) is 29.6 Å². The Labute approximate surface area is 142 Å². The first-order chi connectivity index (χ1) is 10.2. The molecule has 24 heavy (non-hydrogen) atoms. The van der Waals surface area contributed by atoms with Crippen molar-refractivity contribution in [2.75, 3.05) is 6.73 Å². The molecule has 0 saturated carbocycles. The van der Waals surface area contributed by atoms with Gasteiger partial charge in [0, 0.05) is 13.3 Å². The van der Waals surface area contributed by atoms with Gasteiger partial charge in [-0.1, -0.05) is 34.1 Å². The molecule has 0 heterocycles. The first-order valence-corrected chi connectivity index (χ1v) is 7.53. The number of ether oxygens (including phenoxy) is 3. The van der Waals surface area contributed by atoms with Crippen LogP contribution in [0.1, 0.15) is 53.9 Å². The minimum Gasteiger partial charge on any atom is -0.444 e. The second-order valence-corrected chi connectivity index (χ2v) is 5.69. The first-order valence-electron chi connectivity index (χ1n) is 7.53. The van der Waals surface area contributed by atoms with Gasteiger partial charge in [-0.05, 0) is 12.3 Å². The summed E-state index contributed by atoms with van der Waals surface area (Å²) in [6, 6.07) is 0.